The van der Waals surface area contributed by atoms with Crippen molar-refractivity contribution in [2.45, 2.75) is 0 Å². The quantitative estimate of drug-likeness (QED) is 0.539. The van der Waals surface area contributed by atoms with Crippen LogP contribution in [0.25, 0.3) is 0 Å². The molecule has 1 aromatic rings. The molecule has 0 spiro atoms. The van der Waals surface area contributed by atoms with Crippen molar-refractivity contribution >= 4 is 17.9 Å². The van der Waals surface area contributed by atoms with Crippen molar-refractivity contribution in [1.29, 1.82) is 0 Å². The minimum Gasteiger partial charge on any atom is -0.478 e. The van der Waals surface area contributed by atoms with Gasteiger partial charge in [-0.2, -0.15) is 0 Å². The Morgan fingerprint density at radius 3 is 1.85 bits per heavy atom. The van der Waals surface area contributed by atoms with Gasteiger partial charge in [0.2, 0.25) is 0 Å². The highest BCUT2D eigenvalue weighted by atomic mass is 16.5. The lowest BCUT2D eigenvalue weighted by atomic mass is 10.1. The highest BCUT2D eigenvalue weighted by Gasteiger charge is 2.13. The molecule has 3 N–H and O–H groups in total. The number of ether oxygens (including phenoxy) is 1. The molecule has 0 bridgehead atoms. The van der Waals surface area contributed by atoms with Crippen LogP contribution in [-0.2, 0) is 9.53 Å². The summed E-state index contributed by atoms with van der Waals surface area (Å²) in [4.78, 5) is 31.0. The maximum atomic E-state index is 10.5. The Labute approximate surface area is 114 Å². The number of carboxylic acids is 2. The average Bonchev–Trinajstić information content (AvgIpc) is 2.45. The van der Waals surface area contributed by atoms with Crippen LogP contribution in [-0.4, -0.2) is 46.4 Å². The van der Waals surface area contributed by atoms with E-state index in [4.69, 9.17) is 15.3 Å². The van der Waals surface area contributed by atoms with Crippen molar-refractivity contribution in [3.63, 3.8) is 0 Å². The van der Waals surface area contributed by atoms with E-state index in [9.17, 15) is 14.4 Å². The molecule has 0 heterocycles. The predicted molar refractivity (Wildman–Crippen MR) is 68.6 cm³/mol. The number of aromatic carboxylic acids is 2. The van der Waals surface area contributed by atoms with Crippen molar-refractivity contribution in [3.05, 3.63) is 48.0 Å². The molecule has 0 amide bonds. The number of carboxylic acid groups (broad SMARTS) is 2. The van der Waals surface area contributed by atoms with E-state index in [1.165, 1.54) is 24.3 Å². The first-order valence-electron chi connectivity index (χ1n) is 5.39. The summed E-state index contributed by atoms with van der Waals surface area (Å²) in [6.45, 7) is 3.06. The second kappa shape index (κ2) is 9.29. The van der Waals surface area contributed by atoms with Gasteiger partial charge >= 0.3 is 17.9 Å². The smallest absolute Gasteiger partial charge is 0.336 e. The van der Waals surface area contributed by atoms with Crippen LogP contribution in [0.2, 0.25) is 0 Å². The molecule has 0 aromatic heterocycles. The second-order valence-corrected chi connectivity index (χ2v) is 3.25. The van der Waals surface area contributed by atoms with Gasteiger partial charge in [0.15, 0.2) is 0 Å². The zero-order valence-electron chi connectivity index (χ0n) is 10.5. The number of benzene rings is 1. The highest BCUT2D eigenvalue weighted by molar-refractivity contribution is 6.01. The summed E-state index contributed by atoms with van der Waals surface area (Å²) in [6.07, 6.45) is 1.05. The number of rotatable bonds is 5. The predicted octanol–water partition coefficient (Wildman–Crippen LogP) is 0.791. The number of hydrogen-bond donors (Lipinski definition) is 3. The Morgan fingerprint density at radius 2 is 1.55 bits per heavy atom. The zero-order chi connectivity index (χ0) is 15.5. The summed E-state index contributed by atoms with van der Waals surface area (Å²) in [7, 11) is 0. The van der Waals surface area contributed by atoms with Gasteiger partial charge in [0.1, 0.15) is 6.61 Å². The molecule has 0 saturated carbocycles. The lowest BCUT2D eigenvalue weighted by molar-refractivity contribution is -0.138. The standard InChI is InChI=1S/C8H6O4.C5H8O3/c9-7(10)5-3-1-2-4-6(5)8(11)12;1-2-5(7)8-4-3-6/h1-4H,(H,9,10)(H,11,12);2,6H,1,3-4H2. The third-order valence-corrected chi connectivity index (χ3v) is 1.89. The van der Waals surface area contributed by atoms with E-state index in [0.717, 1.165) is 6.08 Å². The zero-order valence-corrected chi connectivity index (χ0v) is 10.5. The maximum Gasteiger partial charge on any atom is 0.336 e. The van der Waals surface area contributed by atoms with Crippen LogP contribution in [0.15, 0.2) is 36.9 Å². The Bertz CT molecular complexity index is 460. The average molecular weight is 282 g/mol. The summed E-state index contributed by atoms with van der Waals surface area (Å²) < 4.78 is 4.33. The van der Waals surface area contributed by atoms with Crippen LogP contribution < -0.4 is 0 Å². The van der Waals surface area contributed by atoms with Crippen LogP contribution in [0.1, 0.15) is 20.7 Å². The third-order valence-electron chi connectivity index (χ3n) is 1.89. The van der Waals surface area contributed by atoms with E-state index >= 15 is 0 Å². The first-order chi connectivity index (χ1) is 9.43. The molecule has 20 heavy (non-hydrogen) atoms. The van der Waals surface area contributed by atoms with Crippen LogP contribution >= 0.6 is 0 Å². The van der Waals surface area contributed by atoms with Crippen molar-refractivity contribution in [2.24, 2.45) is 0 Å². The van der Waals surface area contributed by atoms with Gasteiger partial charge in [-0.15, -0.1) is 0 Å². The van der Waals surface area contributed by atoms with Gasteiger partial charge in [0.05, 0.1) is 17.7 Å². The number of carbonyl (C=O) groups is 3. The van der Waals surface area contributed by atoms with Gasteiger partial charge in [0, 0.05) is 6.08 Å². The summed E-state index contributed by atoms with van der Waals surface area (Å²) in [5.74, 6) is -2.96. The van der Waals surface area contributed by atoms with E-state index in [1.54, 1.807) is 0 Å². The molecule has 0 fully saturated rings. The molecule has 108 valence electrons. The number of carbonyl (C=O) groups excluding carboxylic acids is 1. The van der Waals surface area contributed by atoms with Gasteiger partial charge < -0.3 is 20.1 Å². The van der Waals surface area contributed by atoms with Crippen LogP contribution in [0.3, 0.4) is 0 Å². The van der Waals surface area contributed by atoms with E-state index in [2.05, 4.69) is 11.3 Å². The molecular weight excluding hydrogens is 268 g/mol. The molecule has 0 radical (unpaired) electrons. The number of aliphatic hydroxyl groups is 1. The Balaban J connectivity index is 0.000000396. The third kappa shape index (κ3) is 6.31. The van der Waals surface area contributed by atoms with E-state index in [0.29, 0.717) is 0 Å². The largest absolute Gasteiger partial charge is 0.478 e. The van der Waals surface area contributed by atoms with Crippen molar-refractivity contribution in [1.82, 2.24) is 0 Å². The number of esters is 1. The molecule has 0 aliphatic heterocycles. The number of hydrogen-bond acceptors (Lipinski definition) is 5. The molecule has 0 aliphatic rings. The maximum absolute atomic E-state index is 10.5. The second-order valence-electron chi connectivity index (χ2n) is 3.25. The normalized spacial score (nSPS) is 8.85. The van der Waals surface area contributed by atoms with Gasteiger partial charge in [-0.05, 0) is 12.1 Å². The molecule has 0 aliphatic carbocycles. The van der Waals surface area contributed by atoms with E-state index in [-0.39, 0.29) is 24.3 Å². The summed E-state index contributed by atoms with van der Waals surface area (Å²) in [5, 5.41) is 25.2. The van der Waals surface area contributed by atoms with Crippen LogP contribution in [0.4, 0.5) is 0 Å². The van der Waals surface area contributed by atoms with Crippen molar-refractivity contribution in [2.75, 3.05) is 13.2 Å². The van der Waals surface area contributed by atoms with Gasteiger partial charge in [-0.25, -0.2) is 14.4 Å². The summed E-state index contributed by atoms with van der Waals surface area (Å²) >= 11 is 0. The van der Waals surface area contributed by atoms with E-state index < -0.39 is 17.9 Å². The fourth-order valence-corrected chi connectivity index (χ4v) is 1.06. The minimum atomic E-state index is -1.23. The SMILES string of the molecule is C=CC(=O)OCCO.O=C(O)c1ccccc1C(=O)O. The van der Waals surface area contributed by atoms with Gasteiger partial charge in [-0.1, -0.05) is 18.7 Å². The molecule has 1 rings (SSSR count). The first kappa shape index (κ1) is 17.3. The Kier molecular flexibility index (Phi) is 8.05. The first-order valence-corrected chi connectivity index (χ1v) is 5.39. The number of aliphatic hydroxyl groups excluding tert-OH is 1. The fraction of sp³-hybridized carbons (Fsp3) is 0.154. The summed E-state index contributed by atoms with van der Waals surface area (Å²) in [6, 6.07) is 5.48. The van der Waals surface area contributed by atoms with E-state index in [1.807, 2.05) is 0 Å². The Morgan fingerprint density at radius 1 is 1.10 bits per heavy atom. The Hall–Kier alpha value is -2.67. The molecule has 1 aromatic carbocycles. The topological polar surface area (TPSA) is 121 Å². The summed E-state index contributed by atoms with van der Waals surface area (Å²) in [5.41, 5.74) is -0.380. The highest BCUT2D eigenvalue weighted by Crippen LogP contribution is 2.07. The molecule has 0 saturated heterocycles. The lowest BCUT2D eigenvalue weighted by Crippen LogP contribution is -2.06. The van der Waals surface area contributed by atoms with Gasteiger partial charge in [0.25, 0.3) is 0 Å². The van der Waals surface area contributed by atoms with Gasteiger partial charge in [-0.3, -0.25) is 0 Å². The molecule has 0 unspecified atom stereocenters. The molecular formula is C13H14O7. The van der Waals surface area contributed by atoms with Crippen LogP contribution in [0.5, 0.6) is 0 Å². The molecule has 7 heteroatoms. The minimum absolute atomic E-state index is 0.0465. The van der Waals surface area contributed by atoms with Crippen molar-refractivity contribution < 1.29 is 34.4 Å². The fourth-order valence-electron chi connectivity index (χ4n) is 1.06. The molecule has 0 atom stereocenters. The molecule has 7 nitrogen and oxygen atoms in total. The lowest BCUT2D eigenvalue weighted by Gasteiger charge is -1.98. The monoisotopic (exact) mass is 282 g/mol. The van der Waals surface area contributed by atoms with Crippen LogP contribution in [0, 0.1) is 0 Å². The van der Waals surface area contributed by atoms with Crippen molar-refractivity contribution in [3.8, 4) is 0 Å².